The number of hydrogen-bond donors (Lipinski definition) is 0. The summed E-state index contributed by atoms with van der Waals surface area (Å²) < 4.78 is 7.24. The second-order valence-corrected chi connectivity index (χ2v) is 8.09. The van der Waals surface area contributed by atoms with Crippen molar-refractivity contribution >= 4 is 34.6 Å². The summed E-state index contributed by atoms with van der Waals surface area (Å²) >= 11 is 3.26. The smallest absolute Gasteiger partial charge is 0.211 e. The zero-order valence-corrected chi connectivity index (χ0v) is 16.7. The van der Waals surface area contributed by atoms with Gasteiger partial charge in [-0.2, -0.15) is 5.10 Å². The summed E-state index contributed by atoms with van der Waals surface area (Å²) in [4.78, 5) is 6.78. The molecule has 0 saturated carbocycles. The van der Waals surface area contributed by atoms with Crippen molar-refractivity contribution in [3.8, 4) is 10.6 Å². The first-order valence-electron chi connectivity index (χ1n) is 8.67. The molecule has 6 heteroatoms. The largest absolute Gasteiger partial charge is 0.463 e. The fourth-order valence-electron chi connectivity index (χ4n) is 2.61. The Morgan fingerprint density at radius 2 is 1.89 bits per heavy atom. The van der Waals surface area contributed by atoms with E-state index in [0.29, 0.717) is 11.7 Å². The standard InChI is InChI=1S/C21H19N3OS2/c1-15(2)16-7-9-17(10-8-16)23-21-24(22-13-18-5-3-11-25-18)19(14-27-21)20-6-4-12-26-20/h3-15H,1-2H3. The molecule has 136 valence electrons. The van der Waals surface area contributed by atoms with Crippen molar-refractivity contribution < 1.29 is 4.42 Å². The molecule has 4 nitrogen and oxygen atoms in total. The zero-order valence-electron chi connectivity index (χ0n) is 15.1. The molecule has 0 aliphatic heterocycles. The van der Waals surface area contributed by atoms with Crippen molar-refractivity contribution in [1.82, 2.24) is 4.68 Å². The second kappa shape index (κ2) is 7.90. The third kappa shape index (κ3) is 4.02. The highest BCUT2D eigenvalue weighted by molar-refractivity contribution is 7.14. The summed E-state index contributed by atoms with van der Waals surface area (Å²) in [6, 6.07) is 16.2. The monoisotopic (exact) mass is 393 g/mol. The van der Waals surface area contributed by atoms with Gasteiger partial charge in [-0.3, -0.25) is 0 Å². The summed E-state index contributed by atoms with van der Waals surface area (Å²) in [5.74, 6) is 1.21. The molecular formula is C21H19N3OS2. The van der Waals surface area contributed by atoms with Crippen LogP contribution in [-0.2, 0) is 0 Å². The Labute approximate surface area is 165 Å². The van der Waals surface area contributed by atoms with E-state index in [1.165, 1.54) is 5.56 Å². The van der Waals surface area contributed by atoms with E-state index in [9.17, 15) is 0 Å². The number of hydrogen-bond acceptors (Lipinski definition) is 5. The number of nitrogens with zero attached hydrogens (tertiary/aromatic N) is 3. The normalized spacial score (nSPS) is 12.5. The van der Waals surface area contributed by atoms with Gasteiger partial charge in [0.25, 0.3) is 0 Å². The van der Waals surface area contributed by atoms with Gasteiger partial charge >= 0.3 is 0 Å². The molecule has 0 fully saturated rings. The highest BCUT2D eigenvalue weighted by atomic mass is 32.1. The topological polar surface area (TPSA) is 42.8 Å². The minimum absolute atomic E-state index is 0.508. The molecular weight excluding hydrogens is 374 g/mol. The van der Waals surface area contributed by atoms with E-state index in [1.807, 2.05) is 22.9 Å². The molecule has 0 unspecified atom stereocenters. The van der Waals surface area contributed by atoms with Crippen LogP contribution in [0.5, 0.6) is 0 Å². The molecule has 0 atom stereocenters. The Morgan fingerprint density at radius 1 is 1.04 bits per heavy atom. The SMILES string of the molecule is CC(C)c1ccc(N=c2scc(-c3cccs3)n2N=Cc2ccco2)cc1. The molecule has 0 aliphatic carbocycles. The van der Waals surface area contributed by atoms with Crippen LogP contribution in [0.4, 0.5) is 5.69 Å². The highest BCUT2D eigenvalue weighted by Crippen LogP contribution is 2.26. The van der Waals surface area contributed by atoms with E-state index in [2.05, 4.69) is 60.0 Å². The minimum atomic E-state index is 0.508. The van der Waals surface area contributed by atoms with Gasteiger partial charge in [0.15, 0.2) is 0 Å². The Balaban J connectivity index is 1.78. The molecule has 0 aliphatic rings. The van der Waals surface area contributed by atoms with Crippen LogP contribution < -0.4 is 4.80 Å². The lowest BCUT2D eigenvalue weighted by Crippen LogP contribution is -2.11. The predicted molar refractivity (Wildman–Crippen MR) is 113 cm³/mol. The number of thiophene rings is 1. The zero-order chi connectivity index (χ0) is 18.6. The number of furan rings is 1. The lowest BCUT2D eigenvalue weighted by molar-refractivity contribution is 0.559. The van der Waals surface area contributed by atoms with Crippen LogP contribution in [0.2, 0.25) is 0 Å². The van der Waals surface area contributed by atoms with Crippen LogP contribution in [-0.4, -0.2) is 10.9 Å². The maximum atomic E-state index is 5.37. The maximum Gasteiger partial charge on any atom is 0.211 e. The lowest BCUT2D eigenvalue weighted by Gasteiger charge is -2.04. The van der Waals surface area contributed by atoms with Gasteiger partial charge in [-0.15, -0.1) is 22.7 Å². The van der Waals surface area contributed by atoms with Gasteiger partial charge in [-0.05, 0) is 47.2 Å². The van der Waals surface area contributed by atoms with E-state index in [4.69, 9.17) is 9.41 Å². The van der Waals surface area contributed by atoms with Gasteiger partial charge in [0.05, 0.1) is 28.7 Å². The predicted octanol–water partition coefficient (Wildman–Crippen LogP) is 6.11. The molecule has 0 N–H and O–H groups in total. The summed E-state index contributed by atoms with van der Waals surface area (Å²) in [5, 5.41) is 8.78. The molecule has 3 aromatic heterocycles. The Bertz CT molecular complexity index is 1080. The summed E-state index contributed by atoms with van der Waals surface area (Å²) in [6.07, 6.45) is 3.35. The molecule has 0 amide bonds. The molecule has 1 aromatic carbocycles. The Morgan fingerprint density at radius 3 is 2.56 bits per heavy atom. The van der Waals surface area contributed by atoms with Gasteiger partial charge in [-0.1, -0.05) is 32.0 Å². The van der Waals surface area contributed by atoms with Gasteiger partial charge in [0.2, 0.25) is 4.80 Å². The molecule has 4 rings (SSSR count). The van der Waals surface area contributed by atoms with Crippen LogP contribution in [0.1, 0.15) is 31.1 Å². The fourth-order valence-corrected chi connectivity index (χ4v) is 4.26. The Kier molecular flexibility index (Phi) is 5.18. The highest BCUT2D eigenvalue weighted by Gasteiger charge is 2.09. The van der Waals surface area contributed by atoms with Crippen molar-refractivity contribution in [3.63, 3.8) is 0 Å². The quantitative estimate of drug-likeness (QED) is 0.377. The number of rotatable bonds is 5. The molecule has 4 aromatic rings. The van der Waals surface area contributed by atoms with Crippen molar-refractivity contribution in [2.75, 3.05) is 0 Å². The van der Waals surface area contributed by atoms with Crippen LogP contribution in [0.25, 0.3) is 10.6 Å². The first kappa shape index (κ1) is 17.7. The second-order valence-electron chi connectivity index (χ2n) is 6.31. The number of benzene rings is 1. The number of aromatic nitrogens is 1. The van der Waals surface area contributed by atoms with Gasteiger partial charge < -0.3 is 4.42 Å². The van der Waals surface area contributed by atoms with Crippen molar-refractivity contribution in [2.45, 2.75) is 19.8 Å². The molecule has 3 heterocycles. The van der Waals surface area contributed by atoms with Gasteiger partial charge in [0, 0.05) is 5.38 Å². The fraction of sp³-hybridized carbons (Fsp3) is 0.143. The van der Waals surface area contributed by atoms with E-state index >= 15 is 0 Å². The molecule has 0 radical (unpaired) electrons. The third-order valence-corrected chi connectivity index (χ3v) is 5.80. The first-order valence-corrected chi connectivity index (χ1v) is 10.4. The van der Waals surface area contributed by atoms with Crippen LogP contribution >= 0.6 is 22.7 Å². The van der Waals surface area contributed by atoms with E-state index in [0.717, 1.165) is 21.1 Å². The van der Waals surface area contributed by atoms with Crippen molar-refractivity contribution in [2.24, 2.45) is 10.1 Å². The third-order valence-electron chi connectivity index (χ3n) is 4.09. The molecule has 0 saturated heterocycles. The van der Waals surface area contributed by atoms with Crippen LogP contribution in [0.15, 0.2) is 80.1 Å². The number of thiazole rings is 1. The first-order chi connectivity index (χ1) is 13.2. The van der Waals surface area contributed by atoms with Gasteiger partial charge in [-0.25, -0.2) is 9.67 Å². The average molecular weight is 394 g/mol. The minimum Gasteiger partial charge on any atom is -0.463 e. The van der Waals surface area contributed by atoms with Gasteiger partial charge in [0.1, 0.15) is 5.76 Å². The maximum absolute atomic E-state index is 5.37. The van der Waals surface area contributed by atoms with E-state index < -0.39 is 0 Å². The van der Waals surface area contributed by atoms with Crippen molar-refractivity contribution in [3.05, 3.63) is 81.7 Å². The van der Waals surface area contributed by atoms with Crippen molar-refractivity contribution in [1.29, 1.82) is 0 Å². The van der Waals surface area contributed by atoms with E-state index in [1.54, 1.807) is 35.2 Å². The molecule has 0 spiro atoms. The van der Waals surface area contributed by atoms with E-state index in [-0.39, 0.29) is 0 Å². The summed E-state index contributed by atoms with van der Waals surface area (Å²) in [5.41, 5.74) is 3.25. The molecule has 0 bridgehead atoms. The lowest BCUT2D eigenvalue weighted by atomic mass is 10.0. The summed E-state index contributed by atoms with van der Waals surface area (Å²) in [6.45, 7) is 4.38. The van der Waals surface area contributed by atoms with Crippen LogP contribution in [0.3, 0.4) is 0 Å². The van der Waals surface area contributed by atoms with Crippen LogP contribution in [0, 0.1) is 0 Å². The molecule has 27 heavy (non-hydrogen) atoms. The average Bonchev–Trinajstić information content (AvgIpc) is 3.42. The summed E-state index contributed by atoms with van der Waals surface area (Å²) in [7, 11) is 0. The Hall–Kier alpha value is -2.70.